The molecule has 0 aliphatic rings. The number of nitrogens with zero attached hydrogens (tertiary/aromatic N) is 2. The third kappa shape index (κ3) is 3.36. The second-order valence-corrected chi connectivity index (χ2v) is 6.37. The van der Waals surface area contributed by atoms with Crippen molar-refractivity contribution in [3.63, 3.8) is 0 Å². The second kappa shape index (κ2) is 7.49. The number of thiophene rings is 1. The van der Waals surface area contributed by atoms with Gasteiger partial charge in [-0.3, -0.25) is 0 Å². The van der Waals surface area contributed by atoms with E-state index < -0.39 is 5.97 Å². The Kier molecular flexibility index (Phi) is 5.13. The Morgan fingerprint density at radius 3 is 2.54 bits per heavy atom. The molecular formula is C18H17N3O4S. The Morgan fingerprint density at radius 2 is 1.88 bits per heavy atom. The van der Waals surface area contributed by atoms with Gasteiger partial charge in [0.25, 0.3) is 0 Å². The molecule has 3 rings (SSSR count). The molecule has 1 N–H and O–H groups in total. The van der Waals surface area contributed by atoms with Crippen molar-refractivity contribution >= 4 is 45.0 Å². The summed E-state index contributed by atoms with van der Waals surface area (Å²) in [6, 6.07) is 6.84. The zero-order valence-electron chi connectivity index (χ0n) is 14.5. The molecule has 2 aromatic heterocycles. The van der Waals surface area contributed by atoms with Crippen LogP contribution in [0.25, 0.3) is 10.2 Å². The molecular weight excluding hydrogens is 354 g/mol. The van der Waals surface area contributed by atoms with Gasteiger partial charge in [0, 0.05) is 5.69 Å². The van der Waals surface area contributed by atoms with E-state index >= 15 is 0 Å². The lowest BCUT2D eigenvalue weighted by atomic mass is 10.2. The number of hydrogen-bond acceptors (Lipinski definition) is 8. The van der Waals surface area contributed by atoms with Gasteiger partial charge >= 0.3 is 11.9 Å². The molecule has 0 saturated carbocycles. The van der Waals surface area contributed by atoms with Crippen LogP contribution < -0.4 is 5.32 Å². The number of ether oxygens (including phenoxy) is 2. The van der Waals surface area contributed by atoms with Crippen molar-refractivity contribution in [2.24, 2.45) is 0 Å². The van der Waals surface area contributed by atoms with E-state index in [4.69, 9.17) is 9.47 Å². The van der Waals surface area contributed by atoms with Crippen LogP contribution in [0.15, 0.2) is 30.6 Å². The topological polar surface area (TPSA) is 90.4 Å². The summed E-state index contributed by atoms with van der Waals surface area (Å²) in [5.41, 5.74) is 1.99. The first kappa shape index (κ1) is 17.8. The maximum Gasteiger partial charge on any atom is 0.348 e. The summed E-state index contributed by atoms with van der Waals surface area (Å²) in [5.74, 6) is -0.166. The van der Waals surface area contributed by atoms with E-state index in [0.717, 1.165) is 16.6 Å². The SMILES string of the molecule is CCOC(=O)c1sc2ncnc(Nc3ccc(C(=O)OC)cc3)c2c1C. The molecule has 7 nitrogen and oxygen atoms in total. The third-order valence-electron chi connectivity index (χ3n) is 3.76. The van der Waals surface area contributed by atoms with E-state index in [1.807, 2.05) is 6.92 Å². The van der Waals surface area contributed by atoms with Gasteiger partial charge in [0.15, 0.2) is 0 Å². The third-order valence-corrected chi connectivity index (χ3v) is 4.94. The van der Waals surface area contributed by atoms with Crippen LogP contribution in [-0.2, 0) is 9.47 Å². The maximum atomic E-state index is 12.1. The first-order valence-electron chi connectivity index (χ1n) is 7.91. The molecule has 0 spiro atoms. The van der Waals surface area contributed by atoms with Crippen LogP contribution >= 0.6 is 11.3 Å². The standard InChI is InChI=1S/C18H17N3O4S/c1-4-25-18(23)14-10(2)13-15(19-9-20-16(13)26-14)21-12-7-5-11(6-8-12)17(22)24-3/h5-9H,4H2,1-3H3,(H,19,20,21). The van der Waals surface area contributed by atoms with Gasteiger partial charge in [0.05, 0.1) is 24.7 Å². The Morgan fingerprint density at radius 1 is 1.15 bits per heavy atom. The first-order valence-corrected chi connectivity index (χ1v) is 8.73. The van der Waals surface area contributed by atoms with Crippen molar-refractivity contribution in [1.82, 2.24) is 9.97 Å². The van der Waals surface area contributed by atoms with Crippen LogP contribution in [0.1, 0.15) is 32.5 Å². The van der Waals surface area contributed by atoms with E-state index in [0.29, 0.717) is 27.7 Å². The number of nitrogens with one attached hydrogen (secondary N) is 1. The number of anilines is 2. The lowest BCUT2D eigenvalue weighted by Gasteiger charge is -2.08. The van der Waals surface area contributed by atoms with E-state index in [1.54, 1.807) is 31.2 Å². The molecule has 0 atom stereocenters. The van der Waals surface area contributed by atoms with Crippen molar-refractivity contribution in [3.05, 3.63) is 46.6 Å². The van der Waals surface area contributed by atoms with E-state index in [-0.39, 0.29) is 5.97 Å². The zero-order valence-corrected chi connectivity index (χ0v) is 15.3. The van der Waals surface area contributed by atoms with E-state index in [1.165, 1.54) is 24.8 Å². The van der Waals surface area contributed by atoms with Crippen molar-refractivity contribution in [1.29, 1.82) is 0 Å². The number of hydrogen-bond donors (Lipinski definition) is 1. The van der Waals surface area contributed by atoms with Crippen LogP contribution in [0.3, 0.4) is 0 Å². The van der Waals surface area contributed by atoms with Gasteiger partial charge in [0.1, 0.15) is 21.9 Å². The summed E-state index contributed by atoms with van der Waals surface area (Å²) in [4.78, 5) is 33.4. The van der Waals surface area contributed by atoms with Gasteiger partial charge in [0.2, 0.25) is 0 Å². The Bertz CT molecular complexity index is 966. The smallest absolute Gasteiger partial charge is 0.348 e. The average molecular weight is 371 g/mol. The number of aryl methyl sites for hydroxylation is 1. The normalized spacial score (nSPS) is 10.6. The van der Waals surface area contributed by atoms with Gasteiger partial charge in [-0.25, -0.2) is 19.6 Å². The molecule has 0 radical (unpaired) electrons. The molecule has 0 aliphatic carbocycles. The molecule has 26 heavy (non-hydrogen) atoms. The van der Waals surface area contributed by atoms with Gasteiger partial charge in [-0.2, -0.15) is 0 Å². The van der Waals surface area contributed by atoms with Crippen LogP contribution in [0, 0.1) is 6.92 Å². The second-order valence-electron chi connectivity index (χ2n) is 5.37. The maximum absolute atomic E-state index is 12.1. The number of rotatable bonds is 5. The van der Waals surface area contributed by atoms with E-state index in [2.05, 4.69) is 15.3 Å². The average Bonchev–Trinajstić information content (AvgIpc) is 3.00. The molecule has 1 aromatic carbocycles. The molecule has 2 heterocycles. The first-order chi connectivity index (χ1) is 12.5. The quantitative estimate of drug-likeness (QED) is 0.684. The van der Waals surface area contributed by atoms with Gasteiger partial charge in [-0.1, -0.05) is 0 Å². The molecule has 0 bridgehead atoms. The number of aromatic nitrogens is 2. The lowest BCUT2D eigenvalue weighted by Crippen LogP contribution is -2.04. The highest BCUT2D eigenvalue weighted by molar-refractivity contribution is 7.20. The Hall–Kier alpha value is -3.00. The highest BCUT2D eigenvalue weighted by Gasteiger charge is 2.20. The number of carbonyl (C=O) groups excluding carboxylic acids is 2. The minimum Gasteiger partial charge on any atom is -0.465 e. The number of carbonyl (C=O) groups is 2. The van der Waals surface area contributed by atoms with Crippen molar-refractivity contribution in [2.45, 2.75) is 13.8 Å². The van der Waals surface area contributed by atoms with Gasteiger partial charge < -0.3 is 14.8 Å². The minimum atomic E-state index is -0.395. The highest BCUT2D eigenvalue weighted by atomic mass is 32.1. The summed E-state index contributed by atoms with van der Waals surface area (Å²) in [5, 5.41) is 3.98. The summed E-state index contributed by atoms with van der Waals surface area (Å²) >= 11 is 1.28. The highest BCUT2D eigenvalue weighted by Crippen LogP contribution is 2.34. The van der Waals surface area contributed by atoms with Crippen LogP contribution in [0.4, 0.5) is 11.5 Å². The Labute approximate surface area is 154 Å². The van der Waals surface area contributed by atoms with Crippen molar-refractivity contribution in [2.75, 3.05) is 19.0 Å². The monoisotopic (exact) mass is 371 g/mol. The minimum absolute atomic E-state index is 0.315. The number of methoxy groups -OCH3 is 1. The number of esters is 2. The zero-order chi connectivity index (χ0) is 18.7. The molecule has 0 aliphatic heterocycles. The fraction of sp³-hybridized carbons (Fsp3) is 0.222. The van der Waals surface area contributed by atoms with Crippen LogP contribution in [0.5, 0.6) is 0 Å². The summed E-state index contributed by atoms with van der Waals surface area (Å²) in [7, 11) is 1.34. The molecule has 0 amide bonds. The molecule has 0 unspecified atom stereocenters. The molecule has 134 valence electrons. The van der Waals surface area contributed by atoms with Gasteiger partial charge in [-0.15, -0.1) is 11.3 Å². The van der Waals surface area contributed by atoms with E-state index in [9.17, 15) is 9.59 Å². The van der Waals surface area contributed by atoms with Crippen LogP contribution in [-0.4, -0.2) is 35.6 Å². The molecule has 0 saturated heterocycles. The fourth-order valence-corrected chi connectivity index (χ4v) is 3.54. The fourth-order valence-electron chi connectivity index (χ4n) is 2.50. The van der Waals surface area contributed by atoms with Crippen LogP contribution in [0.2, 0.25) is 0 Å². The Balaban J connectivity index is 1.95. The predicted octanol–water partition coefficient (Wildman–Crippen LogP) is 3.71. The summed E-state index contributed by atoms with van der Waals surface area (Å²) in [6.45, 7) is 3.93. The predicted molar refractivity (Wildman–Crippen MR) is 99.2 cm³/mol. The number of fused-ring (bicyclic) bond motifs is 1. The number of benzene rings is 1. The van der Waals surface area contributed by atoms with Crippen molar-refractivity contribution in [3.8, 4) is 0 Å². The molecule has 8 heteroatoms. The van der Waals surface area contributed by atoms with Crippen molar-refractivity contribution < 1.29 is 19.1 Å². The largest absolute Gasteiger partial charge is 0.465 e. The van der Waals surface area contributed by atoms with Gasteiger partial charge in [-0.05, 0) is 43.7 Å². The lowest BCUT2D eigenvalue weighted by molar-refractivity contribution is 0.0530. The molecule has 0 fully saturated rings. The molecule has 3 aromatic rings. The summed E-state index contributed by atoms with van der Waals surface area (Å²) in [6.07, 6.45) is 1.44. The summed E-state index contributed by atoms with van der Waals surface area (Å²) < 4.78 is 9.79.